The van der Waals surface area contributed by atoms with Gasteiger partial charge in [-0.15, -0.1) is 5.10 Å². The van der Waals surface area contributed by atoms with Crippen LogP contribution in [-0.2, 0) is 19.4 Å². The molecule has 3 heterocycles. The molecule has 0 amide bonds. The molecule has 0 saturated heterocycles. The number of para-hydroxylation sites is 1. The van der Waals surface area contributed by atoms with E-state index in [1.807, 2.05) is 21.4 Å². The summed E-state index contributed by atoms with van der Waals surface area (Å²) in [7, 11) is 0. The lowest BCUT2D eigenvalue weighted by atomic mass is 9.96. The van der Waals surface area contributed by atoms with E-state index in [1.54, 1.807) is 6.20 Å². The zero-order valence-electron chi connectivity index (χ0n) is 23.1. The molecule has 0 spiro atoms. The highest BCUT2D eigenvalue weighted by atomic mass is 16.1. The number of rotatable bonds is 10. The summed E-state index contributed by atoms with van der Waals surface area (Å²) in [6, 6.07) is 16.6. The van der Waals surface area contributed by atoms with Crippen molar-refractivity contribution in [3.8, 4) is 28.2 Å². The number of hydrogen-bond acceptors (Lipinski definition) is 5. The summed E-state index contributed by atoms with van der Waals surface area (Å²) >= 11 is 0. The molecule has 0 atom stereocenters. The van der Waals surface area contributed by atoms with Crippen LogP contribution in [0.3, 0.4) is 0 Å². The van der Waals surface area contributed by atoms with Gasteiger partial charge >= 0.3 is 5.69 Å². The molecule has 0 saturated carbocycles. The second-order valence-electron chi connectivity index (χ2n) is 10.2. The molecule has 1 N–H and O–H groups in total. The predicted octanol–water partition coefficient (Wildman–Crippen LogP) is 5.96. The van der Waals surface area contributed by atoms with E-state index >= 15 is 0 Å². The third-order valence-corrected chi connectivity index (χ3v) is 7.27. The number of aromatic nitrogens is 7. The van der Waals surface area contributed by atoms with E-state index in [-0.39, 0.29) is 5.69 Å². The number of tetrazole rings is 1. The molecular weight excluding hydrogens is 486 g/mol. The summed E-state index contributed by atoms with van der Waals surface area (Å²) < 4.78 is 3.83. The molecule has 3 aromatic heterocycles. The van der Waals surface area contributed by atoms with Crippen LogP contribution in [0, 0.1) is 0 Å². The summed E-state index contributed by atoms with van der Waals surface area (Å²) in [6.07, 6.45) is 9.47. The molecule has 0 radical (unpaired) electrons. The van der Waals surface area contributed by atoms with E-state index in [4.69, 9.17) is 0 Å². The molecule has 200 valence electrons. The molecular formula is C31H35N7O. The lowest BCUT2D eigenvalue weighted by molar-refractivity contribution is 0.672. The monoisotopic (exact) mass is 521 g/mol. The minimum atomic E-state index is 0.0142. The smallest absolute Gasteiger partial charge is 0.292 e. The third kappa shape index (κ3) is 5.32. The number of unbranched alkanes of at least 4 members (excludes halogenated alkanes) is 1. The van der Waals surface area contributed by atoms with E-state index in [0.29, 0.717) is 18.3 Å². The van der Waals surface area contributed by atoms with Gasteiger partial charge in [-0.1, -0.05) is 76.6 Å². The van der Waals surface area contributed by atoms with Crippen molar-refractivity contribution in [3.63, 3.8) is 0 Å². The first kappa shape index (κ1) is 26.3. The fourth-order valence-corrected chi connectivity index (χ4v) is 5.15. The van der Waals surface area contributed by atoms with Crippen LogP contribution in [0.5, 0.6) is 0 Å². The Labute approximate surface area is 228 Å². The van der Waals surface area contributed by atoms with E-state index in [2.05, 4.69) is 102 Å². The van der Waals surface area contributed by atoms with Crippen molar-refractivity contribution in [3.05, 3.63) is 100.0 Å². The average Bonchev–Trinajstić information content (AvgIpc) is 3.61. The van der Waals surface area contributed by atoms with Gasteiger partial charge in [0.1, 0.15) is 0 Å². The van der Waals surface area contributed by atoms with Crippen molar-refractivity contribution in [1.29, 1.82) is 0 Å². The number of nitrogens with zero attached hydrogens (tertiary/aromatic N) is 6. The van der Waals surface area contributed by atoms with E-state index < -0.39 is 0 Å². The Balaban J connectivity index is 1.52. The minimum Gasteiger partial charge on any atom is -0.292 e. The van der Waals surface area contributed by atoms with Gasteiger partial charge in [-0.3, -0.25) is 14.1 Å². The Kier molecular flexibility index (Phi) is 7.81. The normalized spacial score (nSPS) is 11.4. The van der Waals surface area contributed by atoms with E-state index in [0.717, 1.165) is 59.3 Å². The van der Waals surface area contributed by atoms with Crippen LogP contribution >= 0.6 is 0 Å². The first-order valence-corrected chi connectivity index (χ1v) is 13.7. The molecule has 0 aliphatic heterocycles. The van der Waals surface area contributed by atoms with Gasteiger partial charge in [-0.2, -0.15) is 0 Å². The predicted molar refractivity (Wildman–Crippen MR) is 154 cm³/mol. The fourth-order valence-electron chi connectivity index (χ4n) is 5.15. The molecule has 0 fully saturated rings. The molecule has 2 aromatic carbocycles. The van der Waals surface area contributed by atoms with Gasteiger partial charge in [-0.25, -0.2) is 9.89 Å². The minimum absolute atomic E-state index is 0.0142. The van der Waals surface area contributed by atoms with E-state index in [1.165, 1.54) is 11.1 Å². The third-order valence-electron chi connectivity index (χ3n) is 7.27. The molecule has 5 aromatic rings. The molecule has 0 unspecified atom stereocenters. The van der Waals surface area contributed by atoms with Gasteiger partial charge in [0.2, 0.25) is 0 Å². The molecule has 8 nitrogen and oxygen atoms in total. The number of pyridine rings is 1. The zero-order valence-corrected chi connectivity index (χ0v) is 23.1. The summed E-state index contributed by atoms with van der Waals surface area (Å²) in [5.74, 6) is 0.913. The Morgan fingerprint density at radius 3 is 2.51 bits per heavy atom. The lowest BCUT2D eigenvalue weighted by Crippen LogP contribution is -2.26. The molecule has 0 bridgehead atoms. The molecule has 8 heteroatoms. The first-order valence-electron chi connectivity index (χ1n) is 13.7. The number of aromatic amines is 1. The Morgan fingerprint density at radius 2 is 1.82 bits per heavy atom. The van der Waals surface area contributed by atoms with Crippen molar-refractivity contribution in [2.45, 2.75) is 65.8 Å². The Hall–Kier alpha value is -4.33. The van der Waals surface area contributed by atoms with Crippen LogP contribution in [0.4, 0.5) is 0 Å². The molecule has 0 aliphatic rings. The number of aryl methyl sites for hydroxylation is 2. The maximum Gasteiger partial charge on any atom is 0.333 e. The van der Waals surface area contributed by atoms with Gasteiger partial charge in [0.05, 0.1) is 12.2 Å². The van der Waals surface area contributed by atoms with Crippen molar-refractivity contribution >= 4 is 0 Å². The second kappa shape index (κ2) is 11.6. The van der Waals surface area contributed by atoms with Crippen LogP contribution in [-0.4, -0.2) is 34.7 Å². The number of hydrogen-bond donors (Lipinski definition) is 1. The van der Waals surface area contributed by atoms with Gasteiger partial charge in [0.15, 0.2) is 5.82 Å². The number of benzene rings is 2. The largest absolute Gasteiger partial charge is 0.333 e. The first-order chi connectivity index (χ1) is 19.0. The average molecular weight is 522 g/mol. The highest BCUT2D eigenvalue weighted by Crippen LogP contribution is 2.30. The fraction of sp³-hybridized carbons (Fsp3) is 0.323. The van der Waals surface area contributed by atoms with Crippen LogP contribution in [0.15, 0.2) is 71.9 Å². The molecule has 39 heavy (non-hydrogen) atoms. The van der Waals surface area contributed by atoms with Crippen molar-refractivity contribution in [2.24, 2.45) is 0 Å². The summed E-state index contributed by atoms with van der Waals surface area (Å²) in [5.41, 5.74) is 8.41. The van der Waals surface area contributed by atoms with Gasteiger partial charge in [0, 0.05) is 35.4 Å². The second-order valence-corrected chi connectivity index (χ2v) is 10.2. The van der Waals surface area contributed by atoms with Gasteiger partial charge < -0.3 is 0 Å². The highest BCUT2D eigenvalue weighted by Gasteiger charge is 2.19. The Morgan fingerprint density at radius 1 is 1.00 bits per heavy atom. The lowest BCUT2D eigenvalue weighted by Gasteiger charge is -2.16. The zero-order chi connectivity index (χ0) is 27.4. The number of nitrogens with one attached hydrogen (secondary N) is 1. The summed E-state index contributed by atoms with van der Waals surface area (Å²) in [5, 5.41) is 14.3. The highest BCUT2D eigenvalue weighted by molar-refractivity contribution is 5.79. The van der Waals surface area contributed by atoms with Crippen LogP contribution in [0.2, 0.25) is 0 Å². The molecule has 0 aliphatic carbocycles. The van der Waals surface area contributed by atoms with Crippen LogP contribution < -0.4 is 5.69 Å². The van der Waals surface area contributed by atoms with Gasteiger partial charge in [-0.05, 0) is 63.9 Å². The van der Waals surface area contributed by atoms with Crippen LogP contribution in [0.25, 0.3) is 28.2 Å². The van der Waals surface area contributed by atoms with Crippen LogP contribution in [0.1, 0.15) is 68.8 Å². The number of imidazole rings is 1. The summed E-state index contributed by atoms with van der Waals surface area (Å²) in [6.45, 7) is 9.22. The molecule has 5 rings (SSSR count). The van der Waals surface area contributed by atoms with Crippen molar-refractivity contribution in [2.75, 3.05) is 0 Å². The standard InChI is InChI=1S/C31H35N7O/c1-5-7-10-25-20-38(29-23(6-2)9-8-11-26(29)21(3)4)31(39)37(25)19-22-12-14-24(15-13-22)28-18-32-17-16-27(28)30-33-35-36-34-30/h8-9,11-18,20-21H,5-7,10,19H2,1-4H3,(H,33,34,35,36). The summed E-state index contributed by atoms with van der Waals surface area (Å²) in [4.78, 5) is 18.3. The Bertz CT molecular complexity index is 1600. The number of H-pyrrole nitrogens is 1. The SMILES string of the molecule is CCCCc1cn(-c2c(CC)cccc2C(C)C)c(=O)n1Cc1ccc(-c2cnccc2-c2nnn[nH]2)cc1. The van der Waals surface area contributed by atoms with Crippen molar-refractivity contribution in [1.82, 2.24) is 34.7 Å². The maximum atomic E-state index is 14.0. The van der Waals surface area contributed by atoms with E-state index in [9.17, 15) is 4.79 Å². The topological polar surface area (TPSA) is 94.3 Å². The quantitative estimate of drug-likeness (QED) is 0.245. The van der Waals surface area contributed by atoms with Gasteiger partial charge in [0.25, 0.3) is 0 Å². The van der Waals surface area contributed by atoms with Crippen molar-refractivity contribution < 1.29 is 0 Å². The maximum absolute atomic E-state index is 14.0.